The molecule has 1 N–H and O–H groups in total. The third-order valence-electron chi connectivity index (χ3n) is 5.09. The third-order valence-corrected chi connectivity index (χ3v) is 5.58. The van der Waals surface area contributed by atoms with E-state index in [2.05, 4.69) is 44.3 Å². The van der Waals surface area contributed by atoms with E-state index in [0.717, 1.165) is 66.8 Å². The number of halogens is 1. The maximum Gasteiger partial charge on any atom is 0.225 e. The van der Waals surface area contributed by atoms with Gasteiger partial charge < -0.3 is 15.0 Å². The van der Waals surface area contributed by atoms with Gasteiger partial charge in [-0.3, -0.25) is 4.79 Å². The van der Waals surface area contributed by atoms with Crippen molar-refractivity contribution in [2.75, 3.05) is 31.2 Å². The molecule has 6 heteroatoms. The van der Waals surface area contributed by atoms with E-state index in [1.807, 2.05) is 12.1 Å². The SMILES string of the molecule is O=C(NC1CCOCC1)C1CCN(c2ccc3ccc(Br)cc3n2)C1. The number of fused-ring (bicyclic) bond motifs is 1. The second kappa shape index (κ2) is 7.30. The van der Waals surface area contributed by atoms with Gasteiger partial charge in [-0.2, -0.15) is 0 Å². The molecule has 4 rings (SSSR count). The van der Waals surface area contributed by atoms with E-state index in [9.17, 15) is 4.79 Å². The Morgan fingerprint density at radius 3 is 2.84 bits per heavy atom. The number of pyridine rings is 1. The number of nitrogens with zero attached hydrogens (tertiary/aromatic N) is 2. The average molecular weight is 404 g/mol. The largest absolute Gasteiger partial charge is 0.381 e. The van der Waals surface area contributed by atoms with Crippen molar-refractivity contribution < 1.29 is 9.53 Å². The van der Waals surface area contributed by atoms with Crippen molar-refractivity contribution in [1.82, 2.24) is 10.3 Å². The summed E-state index contributed by atoms with van der Waals surface area (Å²) in [6.45, 7) is 3.11. The first-order chi connectivity index (χ1) is 12.2. The Labute approximate surface area is 155 Å². The van der Waals surface area contributed by atoms with Gasteiger partial charge in [-0.1, -0.05) is 22.0 Å². The monoisotopic (exact) mass is 403 g/mol. The molecule has 132 valence electrons. The van der Waals surface area contributed by atoms with Crippen LogP contribution in [-0.4, -0.2) is 43.2 Å². The van der Waals surface area contributed by atoms with Gasteiger partial charge in [-0.15, -0.1) is 0 Å². The predicted octanol–water partition coefficient (Wildman–Crippen LogP) is 3.12. The van der Waals surface area contributed by atoms with Gasteiger partial charge in [0, 0.05) is 42.2 Å². The minimum atomic E-state index is 0.0443. The number of carbonyl (C=O) groups is 1. The van der Waals surface area contributed by atoms with Gasteiger partial charge in [0.15, 0.2) is 0 Å². The summed E-state index contributed by atoms with van der Waals surface area (Å²) in [5.74, 6) is 1.17. The highest BCUT2D eigenvalue weighted by Crippen LogP contribution is 2.26. The molecular weight excluding hydrogens is 382 g/mol. The molecule has 1 amide bonds. The van der Waals surface area contributed by atoms with Crippen LogP contribution >= 0.6 is 15.9 Å². The lowest BCUT2D eigenvalue weighted by molar-refractivity contribution is -0.125. The molecule has 1 aromatic heterocycles. The highest BCUT2D eigenvalue weighted by atomic mass is 79.9. The molecule has 2 aliphatic heterocycles. The number of carbonyl (C=O) groups excluding carboxylic acids is 1. The summed E-state index contributed by atoms with van der Waals surface area (Å²) in [7, 11) is 0. The molecule has 25 heavy (non-hydrogen) atoms. The van der Waals surface area contributed by atoms with Crippen molar-refractivity contribution in [3.05, 3.63) is 34.8 Å². The minimum absolute atomic E-state index is 0.0443. The Hall–Kier alpha value is -1.66. The predicted molar refractivity (Wildman–Crippen MR) is 102 cm³/mol. The fourth-order valence-corrected chi connectivity index (χ4v) is 3.95. The highest BCUT2D eigenvalue weighted by molar-refractivity contribution is 9.10. The van der Waals surface area contributed by atoms with Crippen LogP contribution in [0.15, 0.2) is 34.8 Å². The highest BCUT2D eigenvalue weighted by Gasteiger charge is 2.30. The number of benzene rings is 1. The van der Waals surface area contributed by atoms with Crippen molar-refractivity contribution in [2.45, 2.75) is 25.3 Å². The maximum absolute atomic E-state index is 12.5. The molecule has 1 unspecified atom stereocenters. The standard InChI is InChI=1S/C19H22BrN3O2/c20-15-3-1-13-2-4-18(22-17(13)11-15)23-8-5-14(12-23)19(24)21-16-6-9-25-10-7-16/h1-4,11,14,16H,5-10,12H2,(H,21,24). The second-order valence-electron chi connectivity index (χ2n) is 6.83. The Balaban J connectivity index is 1.42. The summed E-state index contributed by atoms with van der Waals surface area (Å²) >= 11 is 3.50. The molecule has 1 atom stereocenters. The molecule has 3 heterocycles. The molecule has 2 aliphatic rings. The first-order valence-corrected chi connectivity index (χ1v) is 9.68. The molecule has 0 bridgehead atoms. The first kappa shape index (κ1) is 16.8. The van der Waals surface area contributed by atoms with E-state index >= 15 is 0 Å². The van der Waals surface area contributed by atoms with Crippen molar-refractivity contribution in [1.29, 1.82) is 0 Å². The van der Waals surface area contributed by atoms with Crippen molar-refractivity contribution in [3.8, 4) is 0 Å². The minimum Gasteiger partial charge on any atom is -0.381 e. The summed E-state index contributed by atoms with van der Waals surface area (Å²) in [4.78, 5) is 19.5. The van der Waals surface area contributed by atoms with Crippen LogP contribution in [-0.2, 0) is 9.53 Å². The maximum atomic E-state index is 12.5. The van der Waals surface area contributed by atoms with Gasteiger partial charge in [0.05, 0.1) is 11.4 Å². The molecule has 0 saturated carbocycles. The molecule has 5 nitrogen and oxygen atoms in total. The zero-order chi connectivity index (χ0) is 17.2. The van der Waals surface area contributed by atoms with Crippen molar-refractivity contribution in [3.63, 3.8) is 0 Å². The Bertz CT molecular complexity index is 776. The summed E-state index contributed by atoms with van der Waals surface area (Å²) in [6, 6.07) is 10.5. The lowest BCUT2D eigenvalue weighted by Crippen LogP contribution is -2.42. The number of hydrogen-bond acceptors (Lipinski definition) is 4. The van der Waals surface area contributed by atoms with E-state index in [1.54, 1.807) is 0 Å². The Morgan fingerprint density at radius 1 is 1.20 bits per heavy atom. The normalized spacial score (nSPS) is 21.6. The van der Waals surface area contributed by atoms with E-state index in [1.165, 1.54) is 0 Å². The molecule has 1 aromatic carbocycles. The summed E-state index contributed by atoms with van der Waals surface area (Å²) in [5, 5.41) is 4.32. The second-order valence-corrected chi connectivity index (χ2v) is 7.75. The molecule has 0 spiro atoms. The first-order valence-electron chi connectivity index (χ1n) is 8.88. The molecular formula is C19H22BrN3O2. The van der Waals surface area contributed by atoms with Crippen LogP contribution in [0.2, 0.25) is 0 Å². The number of ether oxygens (including phenoxy) is 1. The number of amides is 1. The zero-order valence-corrected chi connectivity index (χ0v) is 15.7. The van der Waals surface area contributed by atoms with Crippen LogP contribution in [0.1, 0.15) is 19.3 Å². The molecule has 0 radical (unpaired) electrons. The Morgan fingerprint density at radius 2 is 2.00 bits per heavy atom. The number of nitrogens with one attached hydrogen (secondary N) is 1. The van der Waals surface area contributed by atoms with Gasteiger partial charge in [0.2, 0.25) is 5.91 Å². The van der Waals surface area contributed by atoms with Crippen LogP contribution in [0.4, 0.5) is 5.82 Å². The van der Waals surface area contributed by atoms with E-state index in [0.29, 0.717) is 0 Å². The summed E-state index contributed by atoms with van der Waals surface area (Å²) < 4.78 is 6.38. The number of rotatable bonds is 3. The van der Waals surface area contributed by atoms with Gasteiger partial charge in [-0.05, 0) is 43.5 Å². The van der Waals surface area contributed by atoms with Crippen molar-refractivity contribution >= 4 is 38.6 Å². The molecule has 2 fully saturated rings. The van der Waals surface area contributed by atoms with Crippen LogP contribution in [0.5, 0.6) is 0 Å². The van der Waals surface area contributed by atoms with Gasteiger partial charge >= 0.3 is 0 Å². The molecule has 2 saturated heterocycles. The van der Waals surface area contributed by atoms with Crippen molar-refractivity contribution in [2.24, 2.45) is 5.92 Å². The van der Waals surface area contributed by atoms with Gasteiger partial charge in [-0.25, -0.2) is 4.98 Å². The number of aromatic nitrogens is 1. The third kappa shape index (κ3) is 3.80. The quantitative estimate of drug-likeness (QED) is 0.854. The molecule has 2 aromatic rings. The van der Waals surface area contributed by atoms with E-state index in [-0.39, 0.29) is 17.9 Å². The average Bonchev–Trinajstić information content (AvgIpc) is 3.12. The van der Waals surface area contributed by atoms with Crippen LogP contribution < -0.4 is 10.2 Å². The van der Waals surface area contributed by atoms with Crippen LogP contribution in [0.3, 0.4) is 0 Å². The number of hydrogen-bond donors (Lipinski definition) is 1. The zero-order valence-electron chi connectivity index (χ0n) is 14.1. The topological polar surface area (TPSA) is 54.5 Å². The fourth-order valence-electron chi connectivity index (χ4n) is 3.60. The smallest absolute Gasteiger partial charge is 0.225 e. The fraction of sp³-hybridized carbons (Fsp3) is 0.474. The van der Waals surface area contributed by atoms with E-state index < -0.39 is 0 Å². The number of anilines is 1. The van der Waals surface area contributed by atoms with Gasteiger partial charge in [0.1, 0.15) is 5.82 Å². The summed E-state index contributed by atoms with van der Waals surface area (Å²) in [6.07, 6.45) is 2.72. The Kier molecular flexibility index (Phi) is 4.90. The van der Waals surface area contributed by atoms with Crippen LogP contribution in [0, 0.1) is 5.92 Å². The molecule has 0 aliphatic carbocycles. The van der Waals surface area contributed by atoms with Gasteiger partial charge in [0.25, 0.3) is 0 Å². The lowest BCUT2D eigenvalue weighted by atomic mass is 10.1. The summed E-state index contributed by atoms with van der Waals surface area (Å²) in [5.41, 5.74) is 0.974. The van der Waals surface area contributed by atoms with Crippen LogP contribution in [0.25, 0.3) is 10.9 Å². The van der Waals surface area contributed by atoms with E-state index in [4.69, 9.17) is 9.72 Å². The lowest BCUT2D eigenvalue weighted by Gasteiger charge is -2.24.